The topological polar surface area (TPSA) is 127 Å². The van der Waals surface area contributed by atoms with Crippen LogP contribution in [0.4, 0.5) is 34.5 Å². The third kappa shape index (κ3) is 6.44. The Balaban J connectivity index is 1.49. The molecule has 1 aromatic carbocycles. The molecule has 0 saturated carbocycles. The molecule has 0 spiro atoms. The number of nitrogens with zero attached hydrogens (tertiary/aromatic N) is 4. The molecule has 2 aromatic heterocycles. The van der Waals surface area contributed by atoms with Crippen molar-refractivity contribution in [3.05, 3.63) is 41.7 Å². The molecule has 3 heterocycles. The number of aromatic nitrogens is 3. The maximum absolute atomic E-state index is 14.9. The minimum absolute atomic E-state index is 0.0123. The summed E-state index contributed by atoms with van der Waals surface area (Å²) in [5.41, 5.74) is 5.04. The maximum atomic E-state index is 14.9. The van der Waals surface area contributed by atoms with Gasteiger partial charge in [-0.3, -0.25) is 9.48 Å². The average molecular weight is 566 g/mol. The fraction of sp³-hybridized carbons (Fsp3) is 0.440. The number of aryl methyl sites for hydroxylation is 1. The number of alkyl halides is 1. The van der Waals surface area contributed by atoms with Gasteiger partial charge in [0, 0.05) is 20.1 Å². The second kappa shape index (κ2) is 11.1. The summed E-state index contributed by atoms with van der Waals surface area (Å²) in [6.45, 7) is 5.84. The zero-order valence-corrected chi connectivity index (χ0v) is 22.7. The molecule has 1 aliphatic rings. The molecule has 2 amide bonds. The van der Waals surface area contributed by atoms with Gasteiger partial charge in [-0.15, -0.1) is 0 Å². The molecule has 0 bridgehead atoms. The van der Waals surface area contributed by atoms with Gasteiger partial charge in [0.05, 0.1) is 17.8 Å². The summed E-state index contributed by atoms with van der Waals surface area (Å²) in [5.74, 6) is -1.82. The standard InChI is InChI=1S/C25H30F3N7O3S/c1-25(2,3)38-24(37)32-16-9-11-35(10-8-13(16)26)23-17(12-30-34(23)4)31-21(36)19-20(29)39-22(33-19)18-14(27)6-5-7-15(18)28/h5-7,12-13,16H,8-11,29H2,1-4H3,(H,31,36)(H,32,37)/t13-,16-/m1/s1. The van der Waals surface area contributed by atoms with Crippen LogP contribution in [0.2, 0.25) is 0 Å². The molecule has 14 heteroatoms. The van der Waals surface area contributed by atoms with Gasteiger partial charge in [0.15, 0.2) is 11.5 Å². The van der Waals surface area contributed by atoms with Crippen LogP contribution >= 0.6 is 11.3 Å². The third-order valence-electron chi connectivity index (χ3n) is 6.02. The van der Waals surface area contributed by atoms with E-state index in [9.17, 15) is 22.8 Å². The van der Waals surface area contributed by atoms with Crippen molar-refractivity contribution in [1.29, 1.82) is 0 Å². The molecule has 3 aromatic rings. The number of nitrogens with one attached hydrogen (secondary N) is 2. The number of hydrogen-bond donors (Lipinski definition) is 3. The SMILES string of the molecule is Cn1ncc(NC(=O)c2nc(-c3c(F)cccc3F)sc2N)c1N1CC[C@@H](F)[C@H](NC(=O)OC(C)(C)C)CC1. The van der Waals surface area contributed by atoms with Crippen molar-refractivity contribution in [2.75, 3.05) is 29.0 Å². The van der Waals surface area contributed by atoms with Gasteiger partial charge < -0.3 is 26.0 Å². The Morgan fingerprint density at radius 2 is 1.85 bits per heavy atom. The van der Waals surface area contributed by atoms with Crippen molar-refractivity contribution in [3.63, 3.8) is 0 Å². The van der Waals surface area contributed by atoms with Crippen LogP contribution in [0, 0.1) is 11.6 Å². The Bertz CT molecular complexity index is 1350. The monoisotopic (exact) mass is 565 g/mol. The Morgan fingerprint density at radius 3 is 2.51 bits per heavy atom. The molecule has 39 heavy (non-hydrogen) atoms. The lowest BCUT2D eigenvalue weighted by molar-refractivity contribution is 0.0471. The highest BCUT2D eigenvalue weighted by atomic mass is 32.1. The van der Waals surface area contributed by atoms with Gasteiger partial charge in [0.25, 0.3) is 5.91 Å². The van der Waals surface area contributed by atoms with E-state index in [4.69, 9.17) is 10.5 Å². The summed E-state index contributed by atoms with van der Waals surface area (Å²) in [7, 11) is 1.68. The minimum Gasteiger partial charge on any atom is -0.444 e. The van der Waals surface area contributed by atoms with Crippen LogP contribution in [0.25, 0.3) is 10.6 Å². The number of anilines is 3. The van der Waals surface area contributed by atoms with E-state index in [-0.39, 0.29) is 34.1 Å². The third-order valence-corrected chi connectivity index (χ3v) is 6.93. The number of alkyl carbamates (subject to hydrolysis) is 1. The summed E-state index contributed by atoms with van der Waals surface area (Å²) in [6, 6.07) is 2.66. The number of nitrogen functional groups attached to an aromatic ring is 1. The summed E-state index contributed by atoms with van der Waals surface area (Å²) in [6.07, 6.45) is -0.152. The van der Waals surface area contributed by atoms with E-state index < -0.39 is 41.4 Å². The number of ether oxygens (including phenoxy) is 1. The zero-order valence-electron chi connectivity index (χ0n) is 21.9. The zero-order chi connectivity index (χ0) is 28.5. The lowest BCUT2D eigenvalue weighted by Gasteiger charge is -2.25. The predicted octanol–water partition coefficient (Wildman–Crippen LogP) is 4.49. The van der Waals surface area contributed by atoms with Gasteiger partial charge in [-0.2, -0.15) is 5.10 Å². The molecule has 4 N–H and O–H groups in total. The number of amides is 2. The van der Waals surface area contributed by atoms with Gasteiger partial charge in [0.2, 0.25) is 0 Å². The fourth-order valence-corrected chi connectivity index (χ4v) is 5.16. The van der Waals surface area contributed by atoms with Gasteiger partial charge >= 0.3 is 6.09 Å². The van der Waals surface area contributed by atoms with Crippen LogP contribution in [0.15, 0.2) is 24.4 Å². The van der Waals surface area contributed by atoms with Crippen molar-refractivity contribution in [1.82, 2.24) is 20.1 Å². The number of carbonyl (C=O) groups excluding carboxylic acids is 2. The summed E-state index contributed by atoms with van der Waals surface area (Å²) < 4.78 is 50.2. The van der Waals surface area contributed by atoms with E-state index in [1.807, 2.05) is 4.90 Å². The van der Waals surface area contributed by atoms with Crippen LogP contribution in [0.5, 0.6) is 0 Å². The number of hydrogen-bond acceptors (Lipinski definition) is 8. The number of halogens is 3. The number of thiazole rings is 1. The highest BCUT2D eigenvalue weighted by Gasteiger charge is 2.31. The van der Waals surface area contributed by atoms with Crippen LogP contribution in [-0.4, -0.2) is 57.7 Å². The van der Waals surface area contributed by atoms with E-state index in [1.165, 1.54) is 16.9 Å². The van der Waals surface area contributed by atoms with Crippen LogP contribution in [0.3, 0.4) is 0 Å². The molecule has 10 nitrogen and oxygen atoms in total. The van der Waals surface area contributed by atoms with Crippen LogP contribution in [0.1, 0.15) is 44.1 Å². The van der Waals surface area contributed by atoms with Gasteiger partial charge in [0.1, 0.15) is 39.1 Å². The molecular formula is C25H30F3N7O3S. The number of rotatable bonds is 5. The minimum atomic E-state index is -1.30. The summed E-state index contributed by atoms with van der Waals surface area (Å²) in [5, 5.41) is 9.47. The van der Waals surface area contributed by atoms with E-state index >= 15 is 0 Å². The van der Waals surface area contributed by atoms with Crippen molar-refractivity contribution in [3.8, 4) is 10.6 Å². The molecule has 0 unspecified atom stereocenters. The van der Waals surface area contributed by atoms with Gasteiger partial charge in [-0.05, 0) is 45.7 Å². The molecular weight excluding hydrogens is 535 g/mol. The Hall–Kier alpha value is -3.81. The first-order chi connectivity index (χ1) is 18.3. The Morgan fingerprint density at radius 1 is 1.18 bits per heavy atom. The number of benzene rings is 1. The summed E-state index contributed by atoms with van der Waals surface area (Å²) in [4.78, 5) is 31.2. The van der Waals surface area contributed by atoms with Crippen LogP contribution < -0.4 is 21.3 Å². The second-order valence-electron chi connectivity index (χ2n) is 10.1. The van der Waals surface area contributed by atoms with E-state index in [0.717, 1.165) is 23.5 Å². The molecule has 4 rings (SSSR count). The van der Waals surface area contributed by atoms with Crippen molar-refractivity contribution in [2.45, 2.75) is 51.4 Å². The molecule has 210 valence electrons. The molecule has 0 aliphatic carbocycles. The van der Waals surface area contributed by atoms with E-state index in [2.05, 4.69) is 20.7 Å². The first-order valence-electron chi connectivity index (χ1n) is 12.3. The largest absolute Gasteiger partial charge is 0.444 e. The Labute approximate surface area is 227 Å². The van der Waals surface area contributed by atoms with Crippen molar-refractivity contribution < 1.29 is 27.5 Å². The average Bonchev–Trinajstić information content (AvgIpc) is 3.33. The van der Waals surface area contributed by atoms with Crippen molar-refractivity contribution in [2.24, 2.45) is 7.05 Å². The normalized spacial score (nSPS) is 18.0. The lowest BCUT2D eigenvalue weighted by atomic mass is 10.1. The molecule has 1 aliphatic heterocycles. The Kier molecular flexibility index (Phi) is 8.04. The van der Waals surface area contributed by atoms with Crippen molar-refractivity contribution >= 4 is 39.8 Å². The predicted molar refractivity (Wildman–Crippen MR) is 143 cm³/mol. The lowest BCUT2D eigenvalue weighted by Crippen LogP contribution is -2.44. The smallest absolute Gasteiger partial charge is 0.407 e. The van der Waals surface area contributed by atoms with E-state index in [0.29, 0.717) is 24.6 Å². The fourth-order valence-electron chi connectivity index (χ4n) is 4.28. The maximum Gasteiger partial charge on any atom is 0.407 e. The molecule has 2 atom stereocenters. The highest BCUT2D eigenvalue weighted by Crippen LogP contribution is 2.35. The van der Waals surface area contributed by atoms with E-state index in [1.54, 1.807) is 27.8 Å². The van der Waals surface area contributed by atoms with Gasteiger partial charge in [-0.1, -0.05) is 17.4 Å². The quantitative estimate of drug-likeness (QED) is 0.416. The van der Waals surface area contributed by atoms with Crippen LogP contribution in [-0.2, 0) is 11.8 Å². The second-order valence-corrected chi connectivity index (χ2v) is 11.2. The molecule has 0 radical (unpaired) electrons. The molecule has 1 saturated heterocycles. The van der Waals surface area contributed by atoms with Gasteiger partial charge in [-0.25, -0.2) is 22.9 Å². The summed E-state index contributed by atoms with van der Waals surface area (Å²) >= 11 is 0.792. The number of carbonyl (C=O) groups is 2. The highest BCUT2D eigenvalue weighted by molar-refractivity contribution is 7.19. The molecule has 1 fully saturated rings. The first kappa shape index (κ1) is 28.2. The number of nitrogens with two attached hydrogens (primary N) is 1. The first-order valence-corrected chi connectivity index (χ1v) is 13.1.